The fourth-order valence-electron chi connectivity index (χ4n) is 3.23. The number of ether oxygens (including phenoxy) is 1. The van der Waals surface area contributed by atoms with Gasteiger partial charge in [0.05, 0.1) is 6.61 Å². The highest BCUT2D eigenvalue weighted by molar-refractivity contribution is 5.81. The second-order valence-electron chi connectivity index (χ2n) is 7.15. The molecule has 0 bridgehead atoms. The van der Waals surface area contributed by atoms with Crippen LogP contribution in [0.2, 0.25) is 0 Å². The summed E-state index contributed by atoms with van der Waals surface area (Å²) in [6.07, 6.45) is 2.85. The van der Waals surface area contributed by atoms with Crippen LogP contribution in [0.3, 0.4) is 0 Å². The van der Waals surface area contributed by atoms with Gasteiger partial charge in [-0.25, -0.2) is 4.79 Å². The smallest absolute Gasteiger partial charge is 0.330 e. The Balaban J connectivity index is 1.80. The van der Waals surface area contributed by atoms with Crippen molar-refractivity contribution in [3.8, 4) is 0 Å². The van der Waals surface area contributed by atoms with Gasteiger partial charge in [0, 0.05) is 23.1 Å². The molecule has 3 aromatic rings. The van der Waals surface area contributed by atoms with E-state index in [0.717, 1.165) is 29.9 Å². The third-order valence-corrected chi connectivity index (χ3v) is 4.77. The fraction of sp³-hybridized carbons (Fsp3) is 0.192. The quantitative estimate of drug-likeness (QED) is 0.254. The molecule has 0 radical (unpaired) electrons. The van der Waals surface area contributed by atoms with Crippen LogP contribution in [-0.2, 0) is 16.0 Å². The first-order valence-electron chi connectivity index (χ1n) is 9.88. The van der Waals surface area contributed by atoms with Crippen molar-refractivity contribution in [1.29, 1.82) is 0 Å². The van der Waals surface area contributed by atoms with Gasteiger partial charge < -0.3 is 9.64 Å². The average Bonchev–Trinajstić information content (AvgIpc) is 2.74. The Bertz CT molecular complexity index is 959. The molecule has 3 heteroatoms. The Morgan fingerprint density at radius 3 is 2.17 bits per heavy atom. The van der Waals surface area contributed by atoms with E-state index >= 15 is 0 Å². The van der Waals surface area contributed by atoms with Crippen LogP contribution in [-0.4, -0.2) is 12.6 Å². The Hall–Kier alpha value is -3.33. The molecule has 0 aliphatic rings. The van der Waals surface area contributed by atoms with E-state index < -0.39 is 0 Å². The molecule has 0 amide bonds. The zero-order valence-corrected chi connectivity index (χ0v) is 17.1. The fourth-order valence-corrected chi connectivity index (χ4v) is 3.23. The molecule has 0 aromatic heterocycles. The molecule has 3 nitrogen and oxygen atoms in total. The summed E-state index contributed by atoms with van der Waals surface area (Å²) in [5, 5.41) is 0. The highest BCUT2D eigenvalue weighted by Gasteiger charge is 2.12. The van der Waals surface area contributed by atoms with E-state index in [9.17, 15) is 4.79 Å². The predicted octanol–water partition coefficient (Wildman–Crippen LogP) is 6.44. The molecule has 29 heavy (non-hydrogen) atoms. The zero-order valence-electron chi connectivity index (χ0n) is 17.1. The maximum atomic E-state index is 11.1. The number of nitrogens with zero attached hydrogens (tertiary/aromatic N) is 1. The first kappa shape index (κ1) is 20.4. The Morgan fingerprint density at radius 1 is 0.897 bits per heavy atom. The molecule has 0 fully saturated rings. The number of benzene rings is 3. The summed E-state index contributed by atoms with van der Waals surface area (Å²) >= 11 is 0. The minimum Gasteiger partial charge on any atom is -0.463 e. The van der Waals surface area contributed by atoms with Crippen LogP contribution < -0.4 is 4.90 Å². The molecular formula is C26H27NO2. The maximum Gasteiger partial charge on any atom is 0.330 e. The number of esters is 1. The van der Waals surface area contributed by atoms with Crippen LogP contribution in [0.25, 0.3) is 0 Å². The molecule has 0 spiro atoms. The van der Waals surface area contributed by atoms with Crippen LogP contribution in [0.15, 0.2) is 85.5 Å². The van der Waals surface area contributed by atoms with Gasteiger partial charge in [-0.1, -0.05) is 48.5 Å². The van der Waals surface area contributed by atoms with Crippen molar-refractivity contribution in [2.24, 2.45) is 0 Å². The molecule has 148 valence electrons. The summed E-state index contributed by atoms with van der Waals surface area (Å²) in [6.45, 7) is 8.02. The van der Waals surface area contributed by atoms with Crippen LogP contribution in [0.4, 0.5) is 17.1 Å². The van der Waals surface area contributed by atoms with E-state index in [4.69, 9.17) is 4.74 Å². The third-order valence-electron chi connectivity index (χ3n) is 4.77. The van der Waals surface area contributed by atoms with Gasteiger partial charge in [-0.3, -0.25) is 0 Å². The number of carbonyl (C=O) groups excluding carboxylic acids is 1. The normalized spacial score (nSPS) is 10.4. The van der Waals surface area contributed by atoms with Crippen molar-refractivity contribution in [3.05, 3.63) is 102 Å². The molecule has 0 atom stereocenters. The lowest BCUT2D eigenvalue weighted by Gasteiger charge is -2.26. The van der Waals surface area contributed by atoms with E-state index in [2.05, 4.69) is 98.1 Å². The van der Waals surface area contributed by atoms with Gasteiger partial charge in [0.15, 0.2) is 0 Å². The lowest BCUT2D eigenvalue weighted by Crippen LogP contribution is -2.10. The number of aryl methyl sites for hydroxylation is 3. The van der Waals surface area contributed by atoms with Gasteiger partial charge in [-0.15, -0.1) is 0 Å². The van der Waals surface area contributed by atoms with Gasteiger partial charge in [-0.05, 0) is 74.2 Å². The first-order valence-corrected chi connectivity index (χ1v) is 9.88. The van der Waals surface area contributed by atoms with Crippen LogP contribution in [0, 0.1) is 13.8 Å². The second kappa shape index (κ2) is 9.74. The Labute approximate surface area is 173 Å². The lowest BCUT2D eigenvalue weighted by atomic mass is 10.1. The average molecular weight is 386 g/mol. The van der Waals surface area contributed by atoms with Crippen molar-refractivity contribution in [1.82, 2.24) is 0 Å². The molecule has 3 aromatic carbocycles. The number of hydrogen-bond donors (Lipinski definition) is 0. The zero-order chi connectivity index (χ0) is 20.6. The Morgan fingerprint density at radius 2 is 1.55 bits per heavy atom. The summed E-state index contributed by atoms with van der Waals surface area (Å²) < 4.78 is 5.05. The summed E-state index contributed by atoms with van der Waals surface area (Å²) in [4.78, 5) is 13.4. The topological polar surface area (TPSA) is 29.5 Å². The highest BCUT2D eigenvalue weighted by atomic mass is 16.5. The van der Waals surface area contributed by atoms with Crippen LogP contribution in [0.5, 0.6) is 0 Å². The summed E-state index contributed by atoms with van der Waals surface area (Å²) in [5.41, 5.74) is 7.07. The van der Waals surface area contributed by atoms with Crippen molar-refractivity contribution in [2.75, 3.05) is 11.5 Å². The first-order chi connectivity index (χ1) is 14.1. The second-order valence-corrected chi connectivity index (χ2v) is 7.15. The molecule has 0 unspecified atom stereocenters. The van der Waals surface area contributed by atoms with Crippen molar-refractivity contribution < 1.29 is 9.53 Å². The third kappa shape index (κ3) is 5.58. The number of hydrogen-bond acceptors (Lipinski definition) is 3. The number of anilines is 3. The van der Waals surface area contributed by atoms with E-state index in [1.807, 2.05) is 0 Å². The molecule has 0 heterocycles. The van der Waals surface area contributed by atoms with Crippen LogP contribution in [0.1, 0.15) is 23.1 Å². The molecule has 0 aliphatic heterocycles. The largest absolute Gasteiger partial charge is 0.463 e. The monoisotopic (exact) mass is 385 g/mol. The van der Waals surface area contributed by atoms with Crippen molar-refractivity contribution in [2.45, 2.75) is 26.7 Å². The van der Waals surface area contributed by atoms with Gasteiger partial charge in [0.1, 0.15) is 0 Å². The summed E-state index contributed by atoms with van der Waals surface area (Å²) in [6, 6.07) is 25.7. The van der Waals surface area contributed by atoms with Crippen LogP contribution >= 0.6 is 0 Å². The summed E-state index contributed by atoms with van der Waals surface area (Å²) in [7, 11) is 0. The molecule has 3 rings (SSSR count). The molecule has 0 aliphatic carbocycles. The van der Waals surface area contributed by atoms with E-state index in [-0.39, 0.29) is 5.97 Å². The van der Waals surface area contributed by atoms with Crippen molar-refractivity contribution >= 4 is 23.0 Å². The molecule has 0 saturated heterocycles. The predicted molar refractivity (Wildman–Crippen MR) is 120 cm³/mol. The van der Waals surface area contributed by atoms with E-state index in [1.54, 1.807) is 0 Å². The summed E-state index contributed by atoms with van der Waals surface area (Å²) in [5.74, 6) is -0.368. The van der Waals surface area contributed by atoms with Gasteiger partial charge in [-0.2, -0.15) is 0 Å². The number of rotatable bonds is 8. The van der Waals surface area contributed by atoms with Gasteiger partial charge in [0.25, 0.3) is 0 Å². The van der Waals surface area contributed by atoms with Gasteiger partial charge >= 0.3 is 5.97 Å². The highest BCUT2D eigenvalue weighted by Crippen LogP contribution is 2.35. The van der Waals surface area contributed by atoms with E-state index in [1.165, 1.54) is 22.8 Å². The maximum absolute atomic E-state index is 11.1. The molecular weight excluding hydrogens is 358 g/mol. The molecule has 0 saturated carbocycles. The SMILES string of the molecule is C=CC(=O)OCCCc1ccc(N(c2ccc(C)cc2)c2cccc(C)c2)cc1. The molecule has 0 N–H and O–H groups in total. The lowest BCUT2D eigenvalue weighted by molar-refractivity contribution is -0.137. The minimum atomic E-state index is -0.368. The van der Waals surface area contributed by atoms with Crippen molar-refractivity contribution in [3.63, 3.8) is 0 Å². The van der Waals surface area contributed by atoms with Gasteiger partial charge in [0.2, 0.25) is 0 Å². The number of carbonyl (C=O) groups is 1. The Kier molecular flexibility index (Phi) is 6.85. The standard InChI is InChI=1S/C26H27NO2/c1-4-26(28)29-18-6-8-22-12-16-24(17-13-22)27(23-14-10-20(2)11-15-23)25-9-5-7-21(3)19-25/h4-5,7,9-17,19H,1,6,8,18H2,2-3H3. The minimum absolute atomic E-state index is 0.368. The van der Waals surface area contributed by atoms with E-state index in [0.29, 0.717) is 6.61 Å².